The first-order valence-electron chi connectivity index (χ1n) is 4.32. The highest BCUT2D eigenvalue weighted by molar-refractivity contribution is 9.10. The van der Waals surface area contributed by atoms with Gasteiger partial charge in [0.2, 0.25) is 0 Å². The molecule has 0 aliphatic rings. The van der Waals surface area contributed by atoms with Crippen LogP contribution >= 0.6 is 15.9 Å². The lowest BCUT2D eigenvalue weighted by molar-refractivity contribution is 0.432. The summed E-state index contributed by atoms with van der Waals surface area (Å²) in [5, 5.41) is 9.36. The number of aliphatic imine (C=N–C) groups is 1. The van der Waals surface area contributed by atoms with Crippen molar-refractivity contribution in [3.63, 3.8) is 0 Å². The standard InChI is InChI=1S/C10H12BrFN2O/c1-14(2)6-13-9-3-7(5-12)10(15)4-8(9)11/h3-4,6,15H,5H2,1-2H3. The molecule has 0 amide bonds. The van der Waals surface area contributed by atoms with Crippen LogP contribution in [0.3, 0.4) is 0 Å². The minimum absolute atomic E-state index is 0.0619. The van der Waals surface area contributed by atoms with Crippen molar-refractivity contribution in [2.45, 2.75) is 6.67 Å². The third-order valence-corrected chi connectivity index (χ3v) is 2.35. The molecule has 0 unspecified atom stereocenters. The summed E-state index contributed by atoms with van der Waals surface area (Å²) in [6.45, 7) is -0.705. The fourth-order valence-corrected chi connectivity index (χ4v) is 1.41. The number of nitrogens with zero attached hydrogens (tertiary/aromatic N) is 2. The molecular formula is C10H12BrFN2O. The molecular weight excluding hydrogens is 263 g/mol. The van der Waals surface area contributed by atoms with Gasteiger partial charge in [-0.2, -0.15) is 0 Å². The molecule has 0 spiro atoms. The lowest BCUT2D eigenvalue weighted by Crippen LogP contribution is -2.07. The van der Waals surface area contributed by atoms with Gasteiger partial charge in [-0.05, 0) is 28.1 Å². The van der Waals surface area contributed by atoms with Crippen molar-refractivity contribution in [3.05, 3.63) is 22.2 Å². The summed E-state index contributed by atoms with van der Waals surface area (Å²) in [6.07, 6.45) is 1.61. The van der Waals surface area contributed by atoms with Gasteiger partial charge in [0, 0.05) is 24.1 Å². The molecule has 0 saturated carbocycles. The van der Waals surface area contributed by atoms with Crippen LogP contribution in [0, 0.1) is 0 Å². The maximum atomic E-state index is 12.5. The van der Waals surface area contributed by atoms with Gasteiger partial charge in [0.05, 0.1) is 12.0 Å². The monoisotopic (exact) mass is 274 g/mol. The van der Waals surface area contributed by atoms with Crippen molar-refractivity contribution in [2.75, 3.05) is 14.1 Å². The van der Waals surface area contributed by atoms with Crippen molar-refractivity contribution in [2.24, 2.45) is 4.99 Å². The first-order chi connectivity index (χ1) is 7.04. The first kappa shape index (κ1) is 12.0. The Morgan fingerprint density at radius 2 is 2.20 bits per heavy atom. The molecule has 0 saturated heterocycles. The Bertz CT molecular complexity index is 380. The minimum atomic E-state index is -0.705. The number of rotatable bonds is 3. The molecule has 1 rings (SSSR count). The third-order valence-electron chi connectivity index (χ3n) is 1.72. The van der Waals surface area contributed by atoms with Gasteiger partial charge in [0.25, 0.3) is 0 Å². The normalized spacial score (nSPS) is 10.9. The Morgan fingerprint density at radius 1 is 1.53 bits per heavy atom. The van der Waals surface area contributed by atoms with Crippen LogP contribution in [0.1, 0.15) is 5.56 Å². The van der Waals surface area contributed by atoms with E-state index in [1.807, 2.05) is 14.1 Å². The molecule has 0 aliphatic heterocycles. The number of phenolic OH excluding ortho intramolecular Hbond substituents is 1. The van der Waals surface area contributed by atoms with Crippen LogP contribution in [-0.2, 0) is 6.67 Å². The summed E-state index contributed by atoms with van der Waals surface area (Å²) in [6, 6.07) is 2.96. The van der Waals surface area contributed by atoms with Crippen LogP contribution in [0.25, 0.3) is 0 Å². The number of hydrogen-bond donors (Lipinski definition) is 1. The molecule has 0 atom stereocenters. The van der Waals surface area contributed by atoms with Crippen molar-refractivity contribution >= 4 is 28.0 Å². The second kappa shape index (κ2) is 5.11. The van der Waals surface area contributed by atoms with Crippen LogP contribution in [0.5, 0.6) is 5.75 Å². The quantitative estimate of drug-likeness (QED) is 0.680. The zero-order valence-electron chi connectivity index (χ0n) is 8.54. The third kappa shape index (κ3) is 3.20. The highest BCUT2D eigenvalue weighted by Gasteiger charge is 2.06. The summed E-state index contributed by atoms with van der Waals surface area (Å²) in [4.78, 5) is 5.90. The second-order valence-electron chi connectivity index (χ2n) is 3.27. The van der Waals surface area contributed by atoms with E-state index < -0.39 is 6.67 Å². The Hall–Kier alpha value is -1.10. The summed E-state index contributed by atoms with van der Waals surface area (Å²) < 4.78 is 13.1. The van der Waals surface area contributed by atoms with Gasteiger partial charge in [-0.15, -0.1) is 0 Å². The van der Waals surface area contributed by atoms with Gasteiger partial charge >= 0.3 is 0 Å². The molecule has 3 nitrogen and oxygen atoms in total. The molecule has 1 N–H and O–H groups in total. The van der Waals surface area contributed by atoms with Crippen molar-refractivity contribution in [1.29, 1.82) is 0 Å². The van der Waals surface area contributed by atoms with E-state index in [0.29, 0.717) is 10.2 Å². The molecule has 5 heteroatoms. The van der Waals surface area contributed by atoms with E-state index in [9.17, 15) is 9.50 Å². The maximum absolute atomic E-state index is 12.5. The Kier molecular flexibility index (Phi) is 4.08. The molecule has 1 aromatic rings. The smallest absolute Gasteiger partial charge is 0.122 e. The molecule has 0 radical (unpaired) electrons. The summed E-state index contributed by atoms with van der Waals surface area (Å²) in [7, 11) is 3.68. The van der Waals surface area contributed by atoms with Crippen LogP contribution < -0.4 is 0 Å². The predicted octanol–water partition coefficient (Wildman–Crippen LogP) is 2.85. The number of halogens is 2. The Labute approximate surface area is 96.4 Å². The SMILES string of the molecule is CN(C)C=Nc1cc(CF)c(O)cc1Br. The summed E-state index contributed by atoms with van der Waals surface area (Å²) in [5.41, 5.74) is 0.832. The summed E-state index contributed by atoms with van der Waals surface area (Å²) >= 11 is 3.25. The van der Waals surface area contributed by atoms with E-state index >= 15 is 0 Å². The first-order valence-corrected chi connectivity index (χ1v) is 5.12. The van der Waals surface area contributed by atoms with E-state index in [0.717, 1.165) is 0 Å². The second-order valence-corrected chi connectivity index (χ2v) is 4.13. The molecule has 0 fully saturated rings. The van der Waals surface area contributed by atoms with E-state index in [1.165, 1.54) is 12.1 Å². The molecule has 82 valence electrons. The van der Waals surface area contributed by atoms with Crippen LogP contribution in [-0.4, -0.2) is 30.4 Å². The van der Waals surface area contributed by atoms with Gasteiger partial charge in [0.15, 0.2) is 0 Å². The van der Waals surface area contributed by atoms with Crippen LogP contribution in [0.2, 0.25) is 0 Å². The largest absolute Gasteiger partial charge is 0.508 e. The number of aromatic hydroxyl groups is 1. The zero-order valence-corrected chi connectivity index (χ0v) is 10.1. The van der Waals surface area contributed by atoms with E-state index in [2.05, 4.69) is 20.9 Å². The van der Waals surface area contributed by atoms with Gasteiger partial charge < -0.3 is 10.0 Å². The van der Waals surface area contributed by atoms with Crippen molar-refractivity contribution in [1.82, 2.24) is 4.90 Å². The number of benzene rings is 1. The van der Waals surface area contributed by atoms with Crippen LogP contribution in [0.15, 0.2) is 21.6 Å². The van der Waals surface area contributed by atoms with Crippen molar-refractivity contribution in [3.8, 4) is 5.75 Å². The van der Waals surface area contributed by atoms with Crippen LogP contribution in [0.4, 0.5) is 10.1 Å². The topological polar surface area (TPSA) is 35.8 Å². The van der Waals surface area contributed by atoms with Crippen molar-refractivity contribution < 1.29 is 9.50 Å². The fourth-order valence-electron chi connectivity index (χ4n) is 0.978. The maximum Gasteiger partial charge on any atom is 0.122 e. The molecule has 0 heterocycles. The fraction of sp³-hybridized carbons (Fsp3) is 0.300. The van der Waals surface area contributed by atoms with E-state index in [4.69, 9.17) is 0 Å². The highest BCUT2D eigenvalue weighted by Crippen LogP contribution is 2.32. The molecule has 0 bridgehead atoms. The van der Waals surface area contributed by atoms with E-state index in [-0.39, 0.29) is 11.3 Å². The molecule has 0 aromatic heterocycles. The van der Waals surface area contributed by atoms with Gasteiger partial charge in [-0.3, -0.25) is 0 Å². The average molecular weight is 275 g/mol. The van der Waals surface area contributed by atoms with Gasteiger partial charge in [-0.25, -0.2) is 9.38 Å². The molecule has 15 heavy (non-hydrogen) atoms. The Morgan fingerprint density at radius 3 is 2.73 bits per heavy atom. The van der Waals surface area contributed by atoms with Gasteiger partial charge in [-0.1, -0.05) is 0 Å². The number of phenols is 1. The zero-order chi connectivity index (χ0) is 11.4. The van der Waals surface area contributed by atoms with Gasteiger partial charge in [0.1, 0.15) is 12.4 Å². The number of alkyl halides is 1. The lowest BCUT2D eigenvalue weighted by atomic mass is 10.2. The molecule has 0 aliphatic carbocycles. The summed E-state index contributed by atoms with van der Waals surface area (Å²) in [5.74, 6) is -0.0619. The average Bonchev–Trinajstić information content (AvgIpc) is 2.16. The minimum Gasteiger partial charge on any atom is -0.508 e. The number of hydrogen-bond acceptors (Lipinski definition) is 2. The highest BCUT2D eigenvalue weighted by atomic mass is 79.9. The van der Waals surface area contributed by atoms with E-state index in [1.54, 1.807) is 11.2 Å². The lowest BCUT2D eigenvalue weighted by Gasteiger charge is -2.06. The predicted molar refractivity (Wildman–Crippen MR) is 62.5 cm³/mol. The Balaban J connectivity index is 3.07. The molecule has 1 aromatic carbocycles.